The molecule has 6 nitrogen and oxygen atoms in total. The van der Waals surface area contributed by atoms with E-state index in [1.807, 2.05) is 0 Å². The van der Waals surface area contributed by atoms with Crippen LogP contribution in [0.2, 0.25) is 0 Å². The van der Waals surface area contributed by atoms with Crippen molar-refractivity contribution in [3.63, 3.8) is 0 Å². The van der Waals surface area contributed by atoms with Gasteiger partial charge in [0.1, 0.15) is 0 Å². The maximum atomic E-state index is 12.7. The quantitative estimate of drug-likeness (QED) is 0.815. The molecule has 27 heavy (non-hydrogen) atoms. The van der Waals surface area contributed by atoms with Gasteiger partial charge in [0.2, 0.25) is 0 Å². The first-order valence-electron chi connectivity index (χ1n) is 8.98. The molecule has 1 fully saturated rings. The second-order valence-electron chi connectivity index (χ2n) is 7.08. The van der Waals surface area contributed by atoms with Crippen molar-refractivity contribution in [3.8, 4) is 0 Å². The van der Waals surface area contributed by atoms with E-state index in [1.54, 1.807) is 37.3 Å². The molecule has 1 aliphatic heterocycles. The molecule has 0 radical (unpaired) electrons. The van der Waals surface area contributed by atoms with Gasteiger partial charge in [-0.1, -0.05) is 25.1 Å². The maximum Gasteiger partial charge on any atom is 0.337 e. The van der Waals surface area contributed by atoms with Crippen molar-refractivity contribution in [2.45, 2.75) is 31.6 Å². The van der Waals surface area contributed by atoms with Gasteiger partial charge in [0.25, 0.3) is 10.0 Å². The van der Waals surface area contributed by atoms with Gasteiger partial charge in [0, 0.05) is 18.8 Å². The summed E-state index contributed by atoms with van der Waals surface area (Å²) in [4.78, 5) is 14.0. The van der Waals surface area contributed by atoms with E-state index in [-0.39, 0.29) is 16.1 Å². The molecule has 0 atom stereocenters. The molecule has 144 valence electrons. The normalized spacial score (nSPS) is 15.6. The van der Waals surface area contributed by atoms with Gasteiger partial charge in [0.05, 0.1) is 16.1 Å². The fourth-order valence-electron chi connectivity index (χ4n) is 3.36. The number of carbonyl (C=O) groups is 1. The molecule has 3 rings (SSSR count). The number of carboxylic acids is 1. The number of piperidine rings is 1. The zero-order chi connectivity index (χ0) is 19.6. The summed E-state index contributed by atoms with van der Waals surface area (Å²) < 4.78 is 27.8. The van der Waals surface area contributed by atoms with Crippen LogP contribution in [0.4, 0.5) is 11.4 Å². The standard InChI is InChI=1S/C20H24N2O4S/c1-14-9-11-22(12-10-14)18-8-7-16(13-17(18)20(23)24)21-27(25,26)19-6-4-3-5-15(19)2/h3-8,13-14,21H,9-12H2,1-2H3,(H,23,24). The van der Waals surface area contributed by atoms with E-state index in [0.717, 1.165) is 25.9 Å². The molecule has 0 bridgehead atoms. The second kappa shape index (κ2) is 7.60. The van der Waals surface area contributed by atoms with Crippen molar-refractivity contribution >= 4 is 27.4 Å². The van der Waals surface area contributed by atoms with Gasteiger partial charge in [-0.3, -0.25) is 4.72 Å². The Bertz CT molecular complexity index is 948. The summed E-state index contributed by atoms with van der Waals surface area (Å²) in [7, 11) is -3.79. The summed E-state index contributed by atoms with van der Waals surface area (Å²) in [6.07, 6.45) is 2.03. The maximum absolute atomic E-state index is 12.7. The van der Waals surface area contributed by atoms with Crippen LogP contribution in [0.1, 0.15) is 35.7 Å². The minimum absolute atomic E-state index is 0.106. The zero-order valence-corrected chi connectivity index (χ0v) is 16.3. The van der Waals surface area contributed by atoms with Crippen molar-refractivity contribution in [2.24, 2.45) is 5.92 Å². The van der Waals surface area contributed by atoms with Crippen LogP contribution in [-0.2, 0) is 10.0 Å². The second-order valence-corrected chi connectivity index (χ2v) is 8.73. The average Bonchev–Trinajstić information content (AvgIpc) is 2.62. The van der Waals surface area contributed by atoms with E-state index in [0.29, 0.717) is 17.2 Å². The highest BCUT2D eigenvalue weighted by molar-refractivity contribution is 7.92. The third kappa shape index (κ3) is 4.24. The number of rotatable bonds is 5. The number of aryl methyl sites for hydroxylation is 1. The Hall–Kier alpha value is -2.54. The first-order chi connectivity index (χ1) is 12.8. The lowest BCUT2D eigenvalue weighted by molar-refractivity contribution is 0.0697. The first-order valence-corrected chi connectivity index (χ1v) is 10.5. The van der Waals surface area contributed by atoms with Crippen molar-refractivity contribution in [1.82, 2.24) is 0 Å². The van der Waals surface area contributed by atoms with Gasteiger partial charge in [-0.15, -0.1) is 0 Å². The van der Waals surface area contributed by atoms with E-state index in [1.165, 1.54) is 12.1 Å². The van der Waals surface area contributed by atoms with E-state index in [2.05, 4.69) is 16.5 Å². The minimum Gasteiger partial charge on any atom is -0.478 e. The van der Waals surface area contributed by atoms with Crippen LogP contribution in [0.25, 0.3) is 0 Å². The Morgan fingerprint density at radius 1 is 1.15 bits per heavy atom. The molecule has 2 aromatic rings. The Morgan fingerprint density at radius 3 is 2.44 bits per heavy atom. The predicted octanol–water partition coefficient (Wildman–Crippen LogP) is 3.73. The average molecular weight is 388 g/mol. The molecule has 0 aromatic heterocycles. The number of hydrogen-bond acceptors (Lipinski definition) is 4. The lowest BCUT2D eigenvalue weighted by Crippen LogP contribution is -2.33. The van der Waals surface area contributed by atoms with Crippen LogP contribution in [0.3, 0.4) is 0 Å². The lowest BCUT2D eigenvalue weighted by atomic mass is 9.98. The van der Waals surface area contributed by atoms with E-state index < -0.39 is 16.0 Å². The summed E-state index contributed by atoms with van der Waals surface area (Å²) in [6, 6.07) is 11.4. The molecule has 0 amide bonds. The number of carboxylic acid groups (broad SMARTS) is 1. The third-order valence-corrected chi connectivity index (χ3v) is 6.53. The van der Waals surface area contributed by atoms with Crippen molar-refractivity contribution in [3.05, 3.63) is 53.6 Å². The SMILES string of the molecule is Cc1ccccc1S(=O)(=O)Nc1ccc(N2CCC(C)CC2)c(C(=O)O)c1. The molecular weight excluding hydrogens is 364 g/mol. The Morgan fingerprint density at radius 2 is 1.81 bits per heavy atom. The minimum atomic E-state index is -3.79. The van der Waals surface area contributed by atoms with E-state index in [9.17, 15) is 18.3 Å². The molecule has 0 aliphatic carbocycles. The van der Waals surface area contributed by atoms with Crippen molar-refractivity contribution in [2.75, 3.05) is 22.7 Å². The van der Waals surface area contributed by atoms with Crippen molar-refractivity contribution in [1.29, 1.82) is 0 Å². The summed E-state index contributed by atoms with van der Waals surface area (Å²) in [5, 5.41) is 9.63. The van der Waals surface area contributed by atoms with Gasteiger partial charge >= 0.3 is 5.97 Å². The molecule has 2 N–H and O–H groups in total. The van der Waals surface area contributed by atoms with E-state index >= 15 is 0 Å². The summed E-state index contributed by atoms with van der Waals surface area (Å²) in [5.74, 6) is -0.435. The lowest BCUT2D eigenvalue weighted by Gasteiger charge is -2.33. The van der Waals surface area contributed by atoms with Crippen LogP contribution >= 0.6 is 0 Å². The molecule has 7 heteroatoms. The molecule has 0 unspecified atom stereocenters. The smallest absolute Gasteiger partial charge is 0.337 e. The highest BCUT2D eigenvalue weighted by atomic mass is 32.2. The van der Waals surface area contributed by atoms with E-state index in [4.69, 9.17) is 0 Å². The Kier molecular flexibility index (Phi) is 5.41. The number of hydrogen-bond donors (Lipinski definition) is 2. The molecule has 0 saturated carbocycles. The summed E-state index contributed by atoms with van der Waals surface area (Å²) >= 11 is 0. The fraction of sp³-hybridized carbons (Fsp3) is 0.350. The van der Waals surface area contributed by atoms with Crippen LogP contribution in [0.5, 0.6) is 0 Å². The van der Waals surface area contributed by atoms with Gasteiger partial charge in [-0.05, 0) is 55.5 Å². The number of anilines is 2. The van der Waals surface area contributed by atoms with Crippen LogP contribution in [-0.4, -0.2) is 32.6 Å². The third-order valence-electron chi connectivity index (χ3n) is 4.99. The highest BCUT2D eigenvalue weighted by Crippen LogP contribution is 2.29. The monoisotopic (exact) mass is 388 g/mol. The number of benzene rings is 2. The van der Waals surface area contributed by atoms with Gasteiger partial charge < -0.3 is 10.0 Å². The van der Waals surface area contributed by atoms with Gasteiger partial charge in [0.15, 0.2) is 0 Å². The van der Waals surface area contributed by atoms with Gasteiger partial charge in [-0.2, -0.15) is 0 Å². The van der Waals surface area contributed by atoms with Gasteiger partial charge in [-0.25, -0.2) is 13.2 Å². The van der Waals surface area contributed by atoms with Crippen LogP contribution in [0.15, 0.2) is 47.4 Å². The first kappa shape index (κ1) is 19.2. The summed E-state index contributed by atoms with van der Waals surface area (Å²) in [5.41, 5.74) is 1.61. The number of nitrogens with one attached hydrogen (secondary N) is 1. The molecule has 1 saturated heterocycles. The molecule has 1 aliphatic rings. The Labute approximate surface area is 159 Å². The zero-order valence-electron chi connectivity index (χ0n) is 15.5. The number of nitrogens with zero attached hydrogens (tertiary/aromatic N) is 1. The fourth-order valence-corrected chi connectivity index (χ4v) is 4.66. The molecule has 1 heterocycles. The predicted molar refractivity (Wildman–Crippen MR) is 106 cm³/mol. The topological polar surface area (TPSA) is 86.7 Å². The number of aromatic carboxylic acids is 1. The number of sulfonamides is 1. The molecular formula is C20H24N2O4S. The Balaban J connectivity index is 1.90. The highest BCUT2D eigenvalue weighted by Gasteiger charge is 2.23. The van der Waals surface area contributed by atoms with Crippen molar-refractivity contribution < 1.29 is 18.3 Å². The van der Waals surface area contributed by atoms with Crippen LogP contribution < -0.4 is 9.62 Å². The van der Waals surface area contributed by atoms with Crippen LogP contribution in [0, 0.1) is 12.8 Å². The summed E-state index contributed by atoms with van der Waals surface area (Å²) in [6.45, 7) is 5.52. The largest absolute Gasteiger partial charge is 0.478 e. The molecule has 0 spiro atoms. The molecule has 2 aromatic carbocycles.